The lowest BCUT2D eigenvalue weighted by Crippen LogP contribution is -2.44. The van der Waals surface area contributed by atoms with Crippen LogP contribution in [0.15, 0.2) is 12.1 Å². The number of hydrogen-bond donors (Lipinski definition) is 2. The fourth-order valence-electron chi connectivity index (χ4n) is 2.57. The van der Waals surface area contributed by atoms with Gasteiger partial charge in [0, 0.05) is 22.8 Å². The minimum atomic E-state index is -0.484. The van der Waals surface area contributed by atoms with Gasteiger partial charge in [0.15, 0.2) is 0 Å². The van der Waals surface area contributed by atoms with Crippen LogP contribution in [-0.4, -0.2) is 17.3 Å². The molecule has 1 aromatic rings. The Morgan fingerprint density at radius 3 is 2.44 bits per heavy atom. The maximum Gasteiger partial charge on any atom is 0.0772 e. The fourth-order valence-corrected chi connectivity index (χ4v) is 3.43. The summed E-state index contributed by atoms with van der Waals surface area (Å²) in [5.74, 6) is 0. The molecular formula is C15H25NOS. The zero-order valence-electron chi connectivity index (χ0n) is 11.8. The lowest BCUT2D eigenvalue weighted by atomic mass is 9.71. The first-order valence-corrected chi connectivity index (χ1v) is 7.69. The number of aryl methyl sites for hydroxylation is 1. The van der Waals surface area contributed by atoms with Crippen LogP contribution in [0.4, 0.5) is 0 Å². The Kier molecular flexibility index (Phi) is 4.15. The topological polar surface area (TPSA) is 32.3 Å². The van der Waals surface area contributed by atoms with Gasteiger partial charge >= 0.3 is 0 Å². The van der Waals surface area contributed by atoms with Gasteiger partial charge in [-0.15, -0.1) is 11.3 Å². The van der Waals surface area contributed by atoms with Crippen molar-refractivity contribution in [2.75, 3.05) is 6.54 Å². The third kappa shape index (κ3) is 3.81. The molecular weight excluding hydrogens is 242 g/mol. The first-order chi connectivity index (χ1) is 8.39. The summed E-state index contributed by atoms with van der Waals surface area (Å²) in [6.07, 6.45) is 4.11. The Balaban J connectivity index is 1.76. The summed E-state index contributed by atoms with van der Waals surface area (Å²) >= 11 is 1.83. The van der Waals surface area contributed by atoms with Gasteiger partial charge in [-0.3, -0.25) is 0 Å². The largest absolute Gasteiger partial charge is 0.389 e. The fraction of sp³-hybridized carbons (Fsp3) is 0.733. The van der Waals surface area contributed by atoms with E-state index >= 15 is 0 Å². The molecule has 0 aromatic carbocycles. The highest BCUT2D eigenvalue weighted by molar-refractivity contribution is 7.11. The Bertz CT molecular complexity index is 387. The quantitative estimate of drug-likeness (QED) is 0.875. The Morgan fingerprint density at radius 1 is 1.22 bits per heavy atom. The average molecular weight is 267 g/mol. The summed E-state index contributed by atoms with van der Waals surface area (Å²) in [4.78, 5) is 2.71. The molecule has 1 aliphatic carbocycles. The molecule has 1 fully saturated rings. The van der Waals surface area contributed by atoms with Crippen LogP contribution in [0.25, 0.3) is 0 Å². The van der Waals surface area contributed by atoms with Crippen molar-refractivity contribution < 1.29 is 5.11 Å². The van der Waals surface area contributed by atoms with Crippen LogP contribution in [0.2, 0.25) is 0 Å². The number of rotatable bonds is 4. The van der Waals surface area contributed by atoms with Gasteiger partial charge in [-0.25, -0.2) is 0 Å². The number of hydrogen-bond acceptors (Lipinski definition) is 3. The zero-order chi connectivity index (χ0) is 13.2. The van der Waals surface area contributed by atoms with Crippen molar-refractivity contribution in [3.63, 3.8) is 0 Å². The van der Waals surface area contributed by atoms with Crippen LogP contribution in [-0.2, 0) is 6.54 Å². The van der Waals surface area contributed by atoms with Crippen LogP contribution in [0.3, 0.4) is 0 Å². The Morgan fingerprint density at radius 2 is 1.89 bits per heavy atom. The molecule has 1 aliphatic rings. The highest BCUT2D eigenvalue weighted by atomic mass is 32.1. The van der Waals surface area contributed by atoms with E-state index in [4.69, 9.17) is 0 Å². The van der Waals surface area contributed by atoms with E-state index < -0.39 is 5.60 Å². The van der Waals surface area contributed by atoms with Crippen molar-refractivity contribution in [1.82, 2.24) is 5.32 Å². The second kappa shape index (κ2) is 5.32. The smallest absolute Gasteiger partial charge is 0.0772 e. The molecule has 1 aromatic heterocycles. The molecule has 1 heterocycles. The molecule has 1 saturated carbocycles. The lowest BCUT2D eigenvalue weighted by Gasteiger charge is -2.40. The van der Waals surface area contributed by atoms with E-state index in [-0.39, 0.29) is 0 Å². The second-order valence-electron chi connectivity index (χ2n) is 6.50. The van der Waals surface area contributed by atoms with Crippen molar-refractivity contribution in [2.24, 2.45) is 5.41 Å². The molecule has 2 rings (SSSR count). The second-order valence-corrected chi connectivity index (χ2v) is 7.88. The minimum absolute atomic E-state index is 0.414. The molecule has 3 heteroatoms. The SMILES string of the molecule is Cc1ccc(CNCC2(O)CCC(C)(C)CC2)s1. The highest BCUT2D eigenvalue weighted by Crippen LogP contribution is 2.39. The highest BCUT2D eigenvalue weighted by Gasteiger charge is 2.36. The van der Waals surface area contributed by atoms with E-state index in [2.05, 4.69) is 38.2 Å². The van der Waals surface area contributed by atoms with Gasteiger partial charge in [0.2, 0.25) is 0 Å². The summed E-state index contributed by atoms with van der Waals surface area (Å²) < 4.78 is 0. The Labute approximate surface area is 114 Å². The van der Waals surface area contributed by atoms with E-state index in [0.29, 0.717) is 5.41 Å². The van der Waals surface area contributed by atoms with Crippen molar-refractivity contribution in [1.29, 1.82) is 0 Å². The maximum absolute atomic E-state index is 10.5. The van der Waals surface area contributed by atoms with Gasteiger partial charge in [-0.2, -0.15) is 0 Å². The first kappa shape index (κ1) is 14.0. The third-order valence-electron chi connectivity index (χ3n) is 4.08. The first-order valence-electron chi connectivity index (χ1n) is 6.87. The van der Waals surface area contributed by atoms with Crippen molar-refractivity contribution in [3.8, 4) is 0 Å². The molecule has 102 valence electrons. The van der Waals surface area contributed by atoms with Gasteiger partial charge in [0.05, 0.1) is 5.60 Å². The molecule has 0 radical (unpaired) electrons. The maximum atomic E-state index is 10.5. The van der Waals surface area contributed by atoms with E-state index in [1.165, 1.54) is 9.75 Å². The van der Waals surface area contributed by atoms with Gasteiger partial charge in [0.1, 0.15) is 0 Å². The Hall–Kier alpha value is -0.380. The van der Waals surface area contributed by atoms with Crippen molar-refractivity contribution >= 4 is 11.3 Å². The van der Waals surface area contributed by atoms with Crippen LogP contribution in [0.5, 0.6) is 0 Å². The standard InChI is InChI=1S/C15H25NOS/c1-12-4-5-13(18-12)10-16-11-15(17)8-6-14(2,3)7-9-15/h4-5,16-17H,6-11H2,1-3H3. The van der Waals surface area contributed by atoms with Crippen molar-refractivity contribution in [2.45, 2.75) is 58.6 Å². The van der Waals surface area contributed by atoms with Crippen LogP contribution in [0, 0.1) is 12.3 Å². The zero-order valence-corrected chi connectivity index (χ0v) is 12.6. The molecule has 0 aliphatic heterocycles. The molecule has 0 saturated heterocycles. The van der Waals surface area contributed by atoms with Crippen LogP contribution in [0.1, 0.15) is 49.3 Å². The number of aliphatic hydroxyl groups is 1. The molecule has 2 N–H and O–H groups in total. The predicted molar refractivity (Wildman–Crippen MR) is 78.0 cm³/mol. The molecule has 0 spiro atoms. The van der Waals surface area contributed by atoms with Crippen LogP contribution < -0.4 is 5.32 Å². The van der Waals surface area contributed by atoms with Gasteiger partial charge < -0.3 is 10.4 Å². The number of nitrogens with one attached hydrogen (secondary N) is 1. The van der Waals surface area contributed by atoms with E-state index in [1.807, 2.05) is 11.3 Å². The summed E-state index contributed by atoms with van der Waals surface area (Å²) in [5.41, 5.74) is -0.0705. The van der Waals surface area contributed by atoms with Gasteiger partial charge in [0.25, 0.3) is 0 Å². The summed E-state index contributed by atoms with van der Waals surface area (Å²) in [5, 5.41) is 13.9. The molecule has 0 atom stereocenters. The minimum Gasteiger partial charge on any atom is -0.389 e. The van der Waals surface area contributed by atoms with E-state index in [1.54, 1.807) is 0 Å². The predicted octanol–water partition coefficient (Wildman–Crippen LogP) is 3.48. The van der Waals surface area contributed by atoms with Gasteiger partial charge in [-0.1, -0.05) is 13.8 Å². The van der Waals surface area contributed by atoms with E-state index in [0.717, 1.165) is 38.8 Å². The van der Waals surface area contributed by atoms with E-state index in [9.17, 15) is 5.11 Å². The molecule has 2 nitrogen and oxygen atoms in total. The lowest BCUT2D eigenvalue weighted by molar-refractivity contribution is -0.0244. The summed E-state index contributed by atoms with van der Waals surface area (Å²) in [6.45, 7) is 8.33. The van der Waals surface area contributed by atoms with Crippen LogP contribution >= 0.6 is 11.3 Å². The molecule has 0 bridgehead atoms. The average Bonchev–Trinajstić information content (AvgIpc) is 2.70. The molecule has 18 heavy (non-hydrogen) atoms. The van der Waals surface area contributed by atoms with Crippen molar-refractivity contribution in [3.05, 3.63) is 21.9 Å². The molecule has 0 amide bonds. The third-order valence-corrected chi connectivity index (χ3v) is 5.08. The monoisotopic (exact) mass is 267 g/mol. The molecule has 0 unspecified atom stereocenters. The summed E-state index contributed by atoms with van der Waals surface area (Å²) in [7, 11) is 0. The normalized spacial score (nSPS) is 22.0. The number of thiophene rings is 1. The summed E-state index contributed by atoms with van der Waals surface area (Å²) in [6, 6.07) is 4.32. The van der Waals surface area contributed by atoms with Gasteiger partial charge in [-0.05, 0) is 50.2 Å².